The first kappa shape index (κ1) is 23.5. The number of carboxylic acid groups (broad SMARTS) is 1. The highest BCUT2D eigenvalue weighted by atomic mass is 16.5. The summed E-state index contributed by atoms with van der Waals surface area (Å²) in [5, 5.41) is 23.5. The van der Waals surface area contributed by atoms with E-state index in [-0.39, 0.29) is 43.4 Å². The molecule has 2 aromatic rings. The minimum Gasteiger partial charge on any atom is -0.479 e. The first-order valence-electron chi connectivity index (χ1n) is 11.4. The Morgan fingerprint density at radius 2 is 1.68 bits per heavy atom. The van der Waals surface area contributed by atoms with E-state index in [1.165, 1.54) is 0 Å². The second kappa shape index (κ2) is 10.5. The topological polar surface area (TPSA) is 125 Å². The van der Waals surface area contributed by atoms with E-state index in [1.54, 1.807) is 0 Å². The standard InChI is InChI=1S/C26H28N2O6/c29-23(25(31)32)12-13-27-24(30)16-6-5-7-17(14-16)28-26(33)34-15-22-20-10-3-1-8-18(20)19-9-2-4-11-21(19)22/h1-5,7-11,16-17,22-23,29H,6,12-15H2,(H,27,30)(H,28,33)(H,31,32)/t16-,17-,23+/m1/s1. The van der Waals surface area contributed by atoms with E-state index in [1.807, 2.05) is 36.4 Å². The molecule has 34 heavy (non-hydrogen) atoms. The van der Waals surface area contributed by atoms with Crippen LogP contribution >= 0.6 is 0 Å². The van der Waals surface area contributed by atoms with Crippen LogP contribution in [0.5, 0.6) is 0 Å². The van der Waals surface area contributed by atoms with Crippen LogP contribution in [0.15, 0.2) is 60.7 Å². The molecule has 8 heteroatoms. The maximum absolute atomic E-state index is 12.5. The van der Waals surface area contributed by atoms with Crippen molar-refractivity contribution in [3.05, 3.63) is 71.8 Å². The Morgan fingerprint density at radius 1 is 1.03 bits per heavy atom. The van der Waals surface area contributed by atoms with Crippen LogP contribution in [0.25, 0.3) is 11.1 Å². The number of aliphatic carboxylic acids is 1. The summed E-state index contributed by atoms with van der Waals surface area (Å²) in [6, 6.07) is 15.9. The number of amides is 2. The molecule has 0 aliphatic heterocycles. The Hall–Kier alpha value is -3.65. The molecule has 4 rings (SSSR count). The molecule has 0 heterocycles. The fraction of sp³-hybridized carbons (Fsp3) is 0.346. The zero-order valence-corrected chi connectivity index (χ0v) is 18.6. The molecule has 4 N–H and O–H groups in total. The van der Waals surface area contributed by atoms with Crippen molar-refractivity contribution in [2.24, 2.45) is 5.92 Å². The molecule has 0 radical (unpaired) electrons. The van der Waals surface area contributed by atoms with Crippen LogP contribution in [-0.4, -0.2) is 53.5 Å². The van der Waals surface area contributed by atoms with Crippen LogP contribution in [0.4, 0.5) is 4.79 Å². The molecular weight excluding hydrogens is 436 g/mol. The number of carbonyl (C=O) groups excluding carboxylic acids is 2. The number of allylic oxidation sites excluding steroid dienone is 1. The molecule has 3 atom stereocenters. The molecule has 2 aliphatic rings. The lowest BCUT2D eigenvalue weighted by atomic mass is 9.90. The predicted molar refractivity (Wildman–Crippen MR) is 125 cm³/mol. The maximum Gasteiger partial charge on any atom is 0.407 e. The largest absolute Gasteiger partial charge is 0.479 e. The molecule has 0 spiro atoms. The Kier molecular flexibility index (Phi) is 7.27. The maximum atomic E-state index is 12.5. The van der Waals surface area contributed by atoms with Crippen molar-refractivity contribution < 1.29 is 29.3 Å². The summed E-state index contributed by atoms with van der Waals surface area (Å²) < 4.78 is 5.58. The highest BCUT2D eigenvalue weighted by Gasteiger charge is 2.30. The zero-order chi connectivity index (χ0) is 24.1. The Balaban J connectivity index is 1.28. The quantitative estimate of drug-likeness (QED) is 0.445. The van der Waals surface area contributed by atoms with Crippen LogP contribution in [0.1, 0.15) is 36.3 Å². The SMILES string of the molecule is O=C(N[C@@H]1C=CC[C@@H](C(=O)NCC[C@H](O)C(=O)O)C1)OCC1c2ccccc2-c2ccccc21. The molecule has 0 saturated carbocycles. The van der Waals surface area contributed by atoms with Gasteiger partial charge in [-0.3, -0.25) is 4.79 Å². The van der Waals surface area contributed by atoms with E-state index >= 15 is 0 Å². The highest BCUT2D eigenvalue weighted by Crippen LogP contribution is 2.44. The van der Waals surface area contributed by atoms with E-state index in [2.05, 4.69) is 34.9 Å². The molecule has 0 fully saturated rings. The van der Waals surface area contributed by atoms with Gasteiger partial charge in [0.15, 0.2) is 6.10 Å². The number of ether oxygens (including phenoxy) is 1. The second-order valence-electron chi connectivity index (χ2n) is 8.61. The first-order valence-corrected chi connectivity index (χ1v) is 11.4. The molecule has 0 saturated heterocycles. The molecule has 0 aromatic heterocycles. The number of hydrogen-bond donors (Lipinski definition) is 4. The number of hydrogen-bond acceptors (Lipinski definition) is 5. The van der Waals surface area contributed by atoms with Crippen molar-refractivity contribution in [2.45, 2.75) is 37.3 Å². The fourth-order valence-electron chi connectivity index (χ4n) is 4.60. The summed E-state index contributed by atoms with van der Waals surface area (Å²) in [4.78, 5) is 35.6. The van der Waals surface area contributed by atoms with Gasteiger partial charge in [-0.2, -0.15) is 0 Å². The number of aliphatic hydroxyl groups excluding tert-OH is 1. The Labute approximate surface area is 197 Å². The summed E-state index contributed by atoms with van der Waals surface area (Å²) in [6.07, 6.45) is 2.51. The molecule has 0 bridgehead atoms. The number of alkyl carbamates (subject to hydrolysis) is 1. The Morgan fingerprint density at radius 3 is 2.32 bits per heavy atom. The third-order valence-corrected chi connectivity index (χ3v) is 6.35. The van der Waals surface area contributed by atoms with Crippen molar-refractivity contribution in [3.8, 4) is 11.1 Å². The molecule has 8 nitrogen and oxygen atoms in total. The average molecular weight is 465 g/mol. The van der Waals surface area contributed by atoms with E-state index in [9.17, 15) is 19.5 Å². The fourth-order valence-corrected chi connectivity index (χ4v) is 4.60. The van der Waals surface area contributed by atoms with E-state index < -0.39 is 18.2 Å². The van der Waals surface area contributed by atoms with E-state index in [0.29, 0.717) is 12.8 Å². The lowest BCUT2D eigenvalue weighted by molar-refractivity contribution is -0.147. The van der Waals surface area contributed by atoms with E-state index in [4.69, 9.17) is 9.84 Å². The van der Waals surface area contributed by atoms with Crippen LogP contribution in [0.3, 0.4) is 0 Å². The molecule has 0 unspecified atom stereocenters. The predicted octanol–water partition coefficient (Wildman–Crippen LogP) is 2.81. The lowest BCUT2D eigenvalue weighted by Crippen LogP contribution is -2.41. The van der Waals surface area contributed by atoms with Crippen LogP contribution in [0, 0.1) is 5.92 Å². The number of carboxylic acids is 1. The number of rotatable bonds is 8. The Bertz CT molecular complexity index is 1050. The summed E-state index contributed by atoms with van der Waals surface area (Å²) in [5.74, 6) is -1.94. The van der Waals surface area contributed by atoms with Gasteiger partial charge in [-0.15, -0.1) is 0 Å². The normalized spacial score (nSPS) is 19.6. The number of benzene rings is 2. The monoisotopic (exact) mass is 464 g/mol. The smallest absolute Gasteiger partial charge is 0.407 e. The van der Waals surface area contributed by atoms with Crippen molar-refractivity contribution in [2.75, 3.05) is 13.2 Å². The average Bonchev–Trinajstić information content (AvgIpc) is 3.16. The summed E-state index contributed by atoms with van der Waals surface area (Å²) in [5.41, 5.74) is 4.59. The van der Waals surface area contributed by atoms with E-state index in [0.717, 1.165) is 22.3 Å². The van der Waals surface area contributed by atoms with Gasteiger partial charge in [0.25, 0.3) is 0 Å². The lowest BCUT2D eigenvalue weighted by Gasteiger charge is -2.25. The van der Waals surface area contributed by atoms with Gasteiger partial charge in [-0.25, -0.2) is 9.59 Å². The third kappa shape index (κ3) is 5.28. The molecular formula is C26H28N2O6. The zero-order valence-electron chi connectivity index (χ0n) is 18.6. The number of nitrogens with one attached hydrogen (secondary N) is 2. The number of fused-ring (bicyclic) bond motifs is 3. The van der Waals surface area contributed by atoms with Gasteiger partial charge in [0.2, 0.25) is 5.91 Å². The van der Waals surface area contributed by atoms with Gasteiger partial charge in [0, 0.05) is 24.8 Å². The van der Waals surface area contributed by atoms with Crippen molar-refractivity contribution >= 4 is 18.0 Å². The summed E-state index contributed by atoms with van der Waals surface area (Å²) in [6.45, 7) is 0.281. The highest BCUT2D eigenvalue weighted by molar-refractivity contribution is 5.80. The second-order valence-corrected chi connectivity index (χ2v) is 8.61. The van der Waals surface area contributed by atoms with Gasteiger partial charge in [0.1, 0.15) is 6.61 Å². The van der Waals surface area contributed by atoms with Gasteiger partial charge in [-0.05, 0) is 35.1 Å². The van der Waals surface area contributed by atoms with Crippen LogP contribution < -0.4 is 10.6 Å². The molecule has 2 aromatic carbocycles. The van der Waals surface area contributed by atoms with Crippen LogP contribution in [-0.2, 0) is 14.3 Å². The minimum absolute atomic E-state index is 0.0280. The minimum atomic E-state index is -1.51. The summed E-state index contributed by atoms with van der Waals surface area (Å²) in [7, 11) is 0. The number of aliphatic hydroxyl groups is 1. The first-order chi connectivity index (χ1) is 16.4. The third-order valence-electron chi connectivity index (χ3n) is 6.35. The molecule has 178 valence electrons. The molecule has 2 aliphatic carbocycles. The molecule has 2 amide bonds. The van der Waals surface area contributed by atoms with Crippen molar-refractivity contribution in [1.82, 2.24) is 10.6 Å². The van der Waals surface area contributed by atoms with Crippen molar-refractivity contribution in [1.29, 1.82) is 0 Å². The summed E-state index contributed by atoms with van der Waals surface area (Å²) >= 11 is 0. The van der Waals surface area contributed by atoms with Gasteiger partial charge < -0.3 is 25.6 Å². The van der Waals surface area contributed by atoms with Crippen LogP contribution in [0.2, 0.25) is 0 Å². The van der Waals surface area contributed by atoms with Gasteiger partial charge in [0.05, 0.1) is 6.04 Å². The number of carbonyl (C=O) groups is 3. The van der Waals surface area contributed by atoms with Gasteiger partial charge >= 0.3 is 12.1 Å². The van der Waals surface area contributed by atoms with Crippen molar-refractivity contribution in [3.63, 3.8) is 0 Å². The van der Waals surface area contributed by atoms with Gasteiger partial charge in [-0.1, -0.05) is 60.7 Å².